The first-order valence-electron chi connectivity index (χ1n) is 22.4. The molecular formula is C61H39N5. The molecule has 308 valence electrons. The summed E-state index contributed by atoms with van der Waals surface area (Å²) >= 11 is 0. The maximum atomic E-state index is 5.15. The van der Waals surface area contributed by atoms with Crippen molar-refractivity contribution in [3.63, 3.8) is 0 Å². The number of para-hydroxylation sites is 3. The average molecular weight is 842 g/mol. The maximum Gasteiger partial charge on any atom is 0.164 e. The van der Waals surface area contributed by atoms with E-state index >= 15 is 0 Å². The monoisotopic (exact) mass is 841 g/mol. The molecule has 0 bridgehead atoms. The summed E-state index contributed by atoms with van der Waals surface area (Å²) in [4.78, 5) is 15.4. The number of hydrogen-bond donors (Lipinski definition) is 0. The molecule has 0 aliphatic rings. The highest BCUT2D eigenvalue weighted by Crippen LogP contribution is 2.43. The molecule has 0 saturated carbocycles. The minimum absolute atomic E-state index is 0.614. The van der Waals surface area contributed by atoms with Crippen LogP contribution >= 0.6 is 0 Å². The molecule has 0 unspecified atom stereocenters. The van der Waals surface area contributed by atoms with Crippen molar-refractivity contribution in [3.05, 3.63) is 237 Å². The lowest BCUT2D eigenvalue weighted by Crippen LogP contribution is -2.01. The van der Waals surface area contributed by atoms with Crippen molar-refractivity contribution in [2.45, 2.75) is 0 Å². The second-order valence-electron chi connectivity index (χ2n) is 16.8. The van der Waals surface area contributed by atoms with Gasteiger partial charge in [0, 0.05) is 49.3 Å². The van der Waals surface area contributed by atoms with E-state index in [0.29, 0.717) is 17.5 Å². The van der Waals surface area contributed by atoms with Gasteiger partial charge in [-0.15, -0.1) is 0 Å². The molecule has 0 amide bonds. The summed E-state index contributed by atoms with van der Waals surface area (Å²) in [6.07, 6.45) is 0. The minimum Gasteiger partial charge on any atom is -0.309 e. The number of fused-ring (bicyclic) bond motifs is 7. The van der Waals surface area contributed by atoms with Crippen molar-refractivity contribution in [2.24, 2.45) is 0 Å². The molecule has 66 heavy (non-hydrogen) atoms. The zero-order valence-corrected chi connectivity index (χ0v) is 35.8. The van der Waals surface area contributed by atoms with Gasteiger partial charge in [0.05, 0.1) is 27.8 Å². The van der Waals surface area contributed by atoms with Crippen molar-refractivity contribution in [1.82, 2.24) is 24.1 Å². The van der Waals surface area contributed by atoms with Crippen LogP contribution in [0.15, 0.2) is 237 Å². The van der Waals surface area contributed by atoms with E-state index in [2.05, 4.69) is 234 Å². The van der Waals surface area contributed by atoms with Crippen LogP contribution in [-0.4, -0.2) is 24.1 Å². The van der Waals surface area contributed by atoms with E-state index in [9.17, 15) is 0 Å². The summed E-state index contributed by atoms with van der Waals surface area (Å²) in [5.41, 5.74) is 14.3. The molecule has 13 aromatic rings. The Hall–Kier alpha value is -8.93. The Labute approximate surface area is 381 Å². The van der Waals surface area contributed by atoms with Gasteiger partial charge in [0.1, 0.15) is 0 Å². The predicted molar refractivity (Wildman–Crippen MR) is 273 cm³/mol. The van der Waals surface area contributed by atoms with E-state index in [4.69, 9.17) is 15.0 Å². The molecule has 3 aromatic heterocycles. The molecule has 0 spiro atoms. The molecule has 0 atom stereocenters. The number of nitrogens with zero attached hydrogens (tertiary/aromatic N) is 5. The van der Waals surface area contributed by atoms with Gasteiger partial charge in [0.2, 0.25) is 0 Å². The van der Waals surface area contributed by atoms with Gasteiger partial charge in [0.25, 0.3) is 0 Å². The quantitative estimate of drug-likeness (QED) is 0.161. The fraction of sp³-hybridized carbons (Fsp3) is 0. The summed E-state index contributed by atoms with van der Waals surface area (Å²) in [6.45, 7) is 0. The number of hydrogen-bond acceptors (Lipinski definition) is 3. The zero-order chi connectivity index (χ0) is 43.6. The Kier molecular flexibility index (Phi) is 8.78. The molecule has 0 aliphatic heterocycles. The molecule has 13 rings (SSSR count). The topological polar surface area (TPSA) is 48.5 Å². The molecule has 0 aliphatic carbocycles. The third-order valence-corrected chi connectivity index (χ3v) is 13.0. The van der Waals surface area contributed by atoms with Gasteiger partial charge in [-0.2, -0.15) is 0 Å². The van der Waals surface area contributed by atoms with Crippen LogP contribution in [0.25, 0.3) is 122 Å². The molecule has 0 fully saturated rings. The van der Waals surface area contributed by atoms with E-state index in [1.54, 1.807) is 0 Å². The largest absolute Gasteiger partial charge is 0.309 e. The summed E-state index contributed by atoms with van der Waals surface area (Å²) in [5, 5.41) is 7.28. The lowest BCUT2D eigenvalue weighted by Gasteiger charge is -2.15. The van der Waals surface area contributed by atoms with Gasteiger partial charge in [0.15, 0.2) is 17.5 Å². The Morgan fingerprint density at radius 1 is 0.258 bits per heavy atom. The summed E-state index contributed by atoms with van der Waals surface area (Å²) < 4.78 is 4.89. The van der Waals surface area contributed by atoms with E-state index in [0.717, 1.165) is 44.5 Å². The first kappa shape index (κ1) is 37.6. The summed E-state index contributed by atoms with van der Waals surface area (Å²) in [7, 11) is 0. The van der Waals surface area contributed by atoms with Crippen LogP contribution in [0.1, 0.15) is 0 Å². The SMILES string of the molecule is c1ccc(-c2ccc(-c3nc(-c4ccc(-c5ccccc5)cc4)nc(-c4ccc(-n5c6ccccc6c6c(-n7c8ccccc8c8ccccc87)c7ccccc7cc65)cc4)n3)cc2)cc1. The summed E-state index contributed by atoms with van der Waals surface area (Å²) in [5.74, 6) is 1.86. The van der Waals surface area contributed by atoms with Crippen molar-refractivity contribution < 1.29 is 0 Å². The highest BCUT2D eigenvalue weighted by atomic mass is 15.0. The van der Waals surface area contributed by atoms with Crippen molar-refractivity contribution in [3.8, 4) is 67.8 Å². The lowest BCUT2D eigenvalue weighted by molar-refractivity contribution is 1.07. The summed E-state index contributed by atoms with van der Waals surface area (Å²) in [6, 6.07) is 84.0. The fourth-order valence-corrected chi connectivity index (χ4v) is 9.85. The van der Waals surface area contributed by atoms with Crippen LogP contribution < -0.4 is 0 Å². The van der Waals surface area contributed by atoms with Crippen LogP contribution in [-0.2, 0) is 0 Å². The van der Waals surface area contributed by atoms with Crippen LogP contribution in [0.3, 0.4) is 0 Å². The molecule has 0 saturated heterocycles. The van der Waals surface area contributed by atoms with Gasteiger partial charge in [-0.1, -0.05) is 188 Å². The Morgan fingerprint density at radius 2 is 0.621 bits per heavy atom. The van der Waals surface area contributed by atoms with Gasteiger partial charge >= 0.3 is 0 Å². The van der Waals surface area contributed by atoms with E-state index < -0.39 is 0 Å². The average Bonchev–Trinajstić information content (AvgIpc) is 3.91. The zero-order valence-electron chi connectivity index (χ0n) is 35.8. The standard InChI is InChI=1S/C61H39N5/c1-3-15-40(16-4-1)42-27-31-44(32-28-42)59-62-60(45-33-29-43(30-34-45)41-17-5-2-6-18-41)64-61(63-59)46-35-37-48(38-36-46)65-55-26-14-11-23-52(55)57-56(65)39-47-19-7-8-20-49(47)58(57)66-53-24-12-9-21-50(53)51-22-10-13-25-54(51)66/h1-39H. The predicted octanol–water partition coefficient (Wildman–Crippen LogP) is 15.6. The van der Waals surface area contributed by atoms with Gasteiger partial charge in [-0.3, -0.25) is 0 Å². The lowest BCUT2D eigenvalue weighted by atomic mass is 10.0. The third kappa shape index (κ3) is 6.21. The van der Waals surface area contributed by atoms with Crippen LogP contribution in [0.5, 0.6) is 0 Å². The minimum atomic E-state index is 0.614. The Balaban J connectivity index is 0.970. The molecule has 10 aromatic carbocycles. The number of rotatable bonds is 7. The highest BCUT2D eigenvalue weighted by Gasteiger charge is 2.22. The van der Waals surface area contributed by atoms with Gasteiger partial charge in [-0.25, -0.2) is 15.0 Å². The second kappa shape index (κ2) is 15.4. The van der Waals surface area contributed by atoms with Gasteiger partial charge in [-0.05, 0) is 76.2 Å². The fourth-order valence-electron chi connectivity index (χ4n) is 9.85. The molecule has 0 N–H and O–H groups in total. The Bertz CT molecular complexity index is 3790. The molecule has 5 nitrogen and oxygen atoms in total. The Morgan fingerprint density at radius 3 is 1.12 bits per heavy atom. The maximum absolute atomic E-state index is 5.15. The van der Waals surface area contributed by atoms with E-state index in [1.165, 1.54) is 60.2 Å². The molecule has 5 heteroatoms. The van der Waals surface area contributed by atoms with Crippen LogP contribution in [0.2, 0.25) is 0 Å². The van der Waals surface area contributed by atoms with E-state index in [1.807, 2.05) is 12.1 Å². The van der Waals surface area contributed by atoms with Crippen molar-refractivity contribution in [1.29, 1.82) is 0 Å². The first-order valence-corrected chi connectivity index (χ1v) is 22.4. The smallest absolute Gasteiger partial charge is 0.164 e. The second-order valence-corrected chi connectivity index (χ2v) is 16.8. The highest BCUT2D eigenvalue weighted by molar-refractivity contribution is 6.22. The van der Waals surface area contributed by atoms with E-state index in [-0.39, 0.29) is 0 Å². The van der Waals surface area contributed by atoms with Crippen LogP contribution in [0, 0.1) is 0 Å². The van der Waals surface area contributed by atoms with Crippen molar-refractivity contribution >= 4 is 54.4 Å². The third-order valence-electron chi connectivity index (χ3n) is 13.0. The number of aromatic nitrogens is 5. The normalized spacial score (nSPS) is 11.6. The molecule has 3 heterocycles. The number of benzene rings is 10. The van der Waals surface area contributed by atoms with Gasteiger partial charge < -0.3 is 9.13 Å². The molecule has 0 radical (unpaired) electrons. The van der Waals surface area contributed by atoms with Crippen molar-refractivity contribution in [2.75, 3.05) is 0 Å². The van der Waals surface area contributed by atoms with Crippen LogP contribution in [0.4, 0.5) is 0 Å². The molecular weight excluding hydrogens is 803 g/mol. The first-order chi connectivity index (χ1) is 32.7.